The van der Waals surface area contributed by atoms with Crippen LogP contribution in [0, 0.1) is 6.92 Å². The Morgan fingerprint density at radius 1 is 1.38 bits per heavy atom. The molecule has 1 fully saturated rings. The van der Waals surface area contributed by atoms with Crippen LogP contribution in [0.2, 0.25) is 0 Å². The first-order valence-electron chi connectivity index (χ1n) is 6.98. The Hall–Kier alpha value is -1.60. The molecule has 2 aromatic heterocycles. The number of rotatable bonds is 4. The minimum Gasteiger partial charge on any atom is -0.382 e. The minimum absolute atomic E-state index is 0.138. The van der Waals surface area contributed by atoms with E-state index in [4.69, 9.17) is 5.73 Å². The van der Waals surface area contributed by atoms with Crippen LogP contribution in [0.25, 0.3) is 0 Å². The molecule has 1 aliphatic rings. The molecular formula is C14H18N4OS2. The Balaban J connectivity index is 1.66. The number of thiazole rings is 1. The van der Waals surface area contributed by atoms with Crippen LogP contribution in [0.3, 0.4) is 0 Å². The number of nitrogen functional groups attached to an aromatic ring is 1. The highest BCUT2D eigenvalue weighted by atomic mass is 32.1. The molecule has 0 aromatic carbocycles. The lowest BCUT2D eigenvalue weighted by molar-refractivity contribution is 0.0956. The number of aromatic nitrogens is 1. The lowest BCUT2D eigenvalue weighted by atomic mass is 10.4. The van der Waals surface area contributed by atoms with Crippen molar-refractivity contribution in [3.05, 3.63) is 26.8 Å². The van der Waals surface area contributed by atoms with Crippen LogP contribution >= 0.6 is 22.7 Å². The van der Waals surface area contributed by atoms with Crippen molar-refractivity contribution in [3.63, 3.8) is 0 Å². The lowest BCUT2D eigenvalue weighted by Gasteiger charge is -2.11. The molecule has 3 heterocycles. The summed E-state index contributed by atoms with van der Waals surface area (Å²) in [7, 11) is 0. The smallest absolute Gasteiger partial charge is 0.265 e. The molecule has 0 bridgehead atoms. The van der Waals surface area contributed by atoms with Gasteiger partial charge in [0.1, 0.15) is 10.7 Å². The van der Waals surface area contributed by atoms with E-state index in [-0.39, 0.29) is 5.91 Å². The molecule has 21 heavy (non-hydrogen) atoms. The largest absolute Gasteiger partial charge is 0.382 e. The summed E-state index contributed by atoms with van der Waals surface area (Å²) in [6.45, 7) is 4.60. The van der Waals surface area contributed by atoms with Crippen LogP contribution in [0.4, 0.5) is 10.9 Å². The van der Waals surface area contributed by atoms with Gasteiger partial charge in [0.2, 0.25) is 0 Å². The van der Waals surface area contributed by atoms with Crippen molar-refractivity contribution in [2.75, 3.05) is 23.7 Å². The average Bonchev–Trinajstić information content (AvgIpc) is 3.16. The minimum atomic E-state index is -0.138. The van der Waals surface area contributed by atoms with Crippen LogP contribution in [0.5, 0.6) is 0 Å². The number of anilines is 2. The molecule has 0 unspecified atom stereocenters. The summed E-state index contributed by atoms with van der Waals surface area (Å²) in [6, 6.07) is 4.09. The van der Waals surface area contributed by atoms with E-state index in [1.807, 2.05) is 6.07 Å². The summed E-state index contributed by atoms with van der Waals surface area (Å²) < 4.78 is 0. The third kappa shape index (κ3) is 3.19. The molecule has 1 aliphatic heterocycles. The maximum absolute atomic E-state index is 12.2. The predicted molar refractivity (Wildman–Crippen MR) is 88.2 cm³/mol. The monoisotopic (exact) mass is 322 g/mol. The van der Waals surface area contributed by atoms with Gasteiger partial charge in [0.05, 0.1) is 6.54 Å². The normalized spacial score (nSPS) is 14.6. The molecule has 3 N–H and O–H groups in total. The van der Waals surface area contributed by atoms with Crippen LogP contribution in [-0.4, -0.2) is 24.0 Å². The molecule has 0 aliphatic carbocycles. The van der Waals surface area contributed by atoms with Crippen LogP contribution in [-0.2, 0) is 6.54 Å². The summed E-state index contributed by atoms with van der Waals surface area (Å²) in [6.07, 6.45) is 2.36. The SMILES string of the molecule is Cc1ccc(CNC(=O)c2sc(N3CCCC3)nc2N)s1. The van der Waals surface area contributed by atoms with E-state index in [1.54, 1.807) is 11.3 Å². The molecule has 1 saturated heterocycles. The molecule has 112 valence electrons. The Labute approximate surface area is 131 Å². The number of nitrogens with zero attached hydrogens (tertiary/aromatic N) is 2. The first kappa shape index (κ1) is 14.3. The van der Waals surface area contributed by atoms with E-state index in [2.05, 4.69) is 28.2 Å². The van der Waals surface area contributed by atoms with Gasteiger partial charge in [-0.3, -0.25) is 4.79 Å². The van der Waals surface area contributed by atoms with Crippen molar-refractivity contribution >= 4 is 39.5 Å². The number of thiophene rings is 1. The fourth-order valence-corrected chi connectivity index (χ4v) is 4.14. The van der Waals surface area contributed by atoms with Crippen molar-refractivity contribution in [1.82, 2.24) is 10.3 Å². The van der Waals surface area contributed by atoms with Crippen LogP contribution in [0.1, 0.15) is 32.3 Å². The maximum Gasteiger partial charge on any atom is 0.265 e. The van der Waals surface area contributed by atoms with Gasteiger partial charge in [0, 0.05) is 22.8 Å². The van der Waals surface area contributed by atoms with Gasteiger partial charge in [-0.1, -0.05) is 11.3 Å². The van der Waals surface area contributed by atoms with Gasteiger partial charge >= 0.3 is 0 Å². The molecular weight excluding hydrogens is 304 g/mol. The van der Waals surface area contributed by atoms with Crippen molar-refractivity contribution in [2.24, 2.45) is 0 Å². The van der Waals surface area contributed by atoms with Gasteiger partial charge in [-0.15, -0.1) is 11.3 Å². The summed E-state index contributed by atoms with van der Waals surface area (Å²) >= 11 is 3.07. The van der Waals surface area contributed by atoms with E-state index in [0.29, 0.717) is 17.2 Å². The Morgan fingerprint density at radius 3 is 2.81 bits per heavy atom. The molecule has 0 spiro atoms. The van der Waals surface area contributed by atoms with Gasteiger partial charge < -0.3 is 16.0 Å². The molecule has 1 amide bonds. The lowest BCUT2D eigenvalue weighted by Crippen LogP contribution is -2.22. The standard InChI is InChI=1S/C14H18N4OS2/c1-9-4-5-10(20-9)8-16-13(19)11-12(15)17-14(21-11)18-6-2-3-7-18/h4-5H,2-3,6-8,15H2,1H3,(H,16,19). The average molecular weight is 322 g/mol. The van der Waals surface area contributed by atoms with Crippen molar-refractivity contribution in [3.8, 4) is 0 Å². The quantitative estimate of drug-likeness (QED) is 0.908. The number of nitrogens with one attached hydrogen (secondary N) is 1. The van der Waals surface area contributed by atoms with Crippen LogP contribution in [0.15, 0.2) is 12.1 Å². The highest BCUT2D eigenvalue weighted by molar-refractivity contribution is 7.18. The zero-order valence-electron chi connectivity index (χ0n) is 11.9. The highest BCUT2D eigenvalue weighted by Crippen LogP contribution is 2.30. The Bertz CT molecular complexity index is 643. The molecule has 3 rings (SSSR count). The van der Waals surface area contributed by atoms with Crippen LogP contribution < -0.4 is 16.0 Å². The second kappa shape index (κ2) is 6.03. The van der Waals surface area contributed by atoms with Crippen molar-refractivity contribution < 1.29 is 4.79 Å². The van der Waals surface area contributed by atoms with E-state index in [0.717, 1.165) is 23.1 Å². The van der Waals surface area contributed by atoms with Gasteiger partial charge in [-0.05, 0) is 31.9 Å². The molecule has 0 atom stereocenters. The Kier molecular flexibility index (Phi) is 4.12. The maximum atomic E-state index is 12.2. The predicted octanol–water partition coefficient (Wildman–Crippen LogP) is 2.63. The molecule has 0 saturated carbocycles. The van der Waals surface area contributed by atoms with Gasteiger partial charge in [0.15, 0.2) is 5.13 Å². The van der Waals surface area contributed by atoms with E-state index >= 15 is 0 Å². The van der Waals surface area contributed by atoms with Crippen molar-refractivity contribution in [1.29, 1.82) is 0 Å². The summed E-state index contributed by atoms with van der Waals surface area (Å²) in [5.74, 6) is 0.197. The zero-order valence-corrected chi connectivity index (χ0v) is 13.5. The number of hydrogen-bond donors (Lipinski definition) is 2. The van der Waals surface area contributed by atoms with E-state index in [1.165, 1.54) is 29.1 Å². The third-order valence-electron chi connectivity index (χ3n) is 3.44. The highest BCUT2D eigenvalue weighted by Gasteiger charge is 2.21. The third-order valence-corrected chi connectivity index (χ3v) is 5.58. The Morgan fingerprint density at radius 2 is 2.14 bits per heavy atom. The number of carbonyl (C=O) groups excluding carboxylic acids is 1. The fourth-order valence-electron chi connectivity index (χ4n) is 2.35. The number of hydrogen-bond acceptors (Lipinski definition) is 6. The second-order valence-corrected chi connectivity index (χ2v) is 7.45. The number of amides is 1. The molecule has 5 nitrogen and oxygen atoms in total. The van der Waals surface area contributed by atoms with Gasteiger partial charge in [-0.2, -0.15) is 0 Å². The number of carbonyl (C=O) groups is 1. The van der Waals surface area contributed by atoms with E-state index < -0.39 is 0 Å². The summed E-state index contributed by atoms with van der Waals surface area (Å²) in [5, 5.41) is 3.78. The number of aryl methyl sites for hydroxylation is 1. The summed E-state index contributed by atoms with van der Waals surface area (Å²) in [5.41, 5.74) is 5.90. The molecule has 7 heteroatoms. The summed E-state index contributed by atoms with van der Waals surface area (Å²) in [4.78, 5) is 21.7. The van der Waals surface area contributed by atoms with E-state index in [9.17, 15) is 4.79 Å². The number of nitrogens with two attached hydrogens (primary N) is 1. The second-order valence-electron chi connectivity index (χ2n) is 5.10. The first-order chi connectivity index (χ1) is 10.1. The topological polar surface area (TPSA) is 71.2 Å². The molecule has 0 radical (unpaired) electrons. The first-order valence-corrected chi connectivity index (χ1v) is 8.61. The van der Waals surface area contributed by atoms with Gasteiger partial charge in [-0.25, -0.2) is 4.98 Å². The zero-order chi connectivity index (χ0) is 14.8. The molecule has 2 aromatic rings. The fraction of sp³-hybridized carbons (Fsp3) is 0.429. The van der Waals surface area contributed by atoms with Crippen molar-refractivity contribution in [2.45, 2.75) is 26.3 Å². The van der Waals surface area contributed by atoms with Gasteiger partial charge in [0.25, 0.3) is 5.91 Å².